The number of anilines is 2. The zero-order valence-corrected chi connectivity index (χ0v) is 45.6. The van der Waals surface area contributed by atoms with E-state index in [0.29, 0.717) is 12.1 Å². The average molecular weight is 1300 g/mol. The van der Waals surface area contributed by atoms with Gasteiger partial charge in [0.15, 0.2) is 6.10 Å². The number of alkyl halides is 10. The van der Waals surface area contributed by atoms with Gasteiger partial charge in [-0.3, -0.25) is 10.6 Å². The van der Waals surface area contributed by atoms with Gasteiger partial charge in [0.05, 0.1) is 44.8 Å². The first-order chi connectivity index (χ1) is 39.5. The maximum atomic E-state index is 12.7. The molecule has 2 heterocycles. The molecule has 458 valence electrons. The van der Waals surface area contributed by atoms with E-state index < -0.39 is 133 Å². The number of aromatic carboxylic acids is 1. The van der Waals surface area contributed by atoms with Crippen molar-refractivity contribution in [3.63, 3.8) is 0 Å². The highest BCUT2D eigenvalue weighted by Crippen LogP contribution is 2.37. The van der Waals surface area contributed by atoms with Crippen molar-refractivity contribution in [2.45, 2.75) is 68.2 Å². The van der Waals surface area contributed by atoms with Gasteiger partial charge in [0.2, 0.25) is 23.7 Å². The van der Waals surface area contributed by atoms with Gasteiger partial charge in [-0.1, -0.05) is 53.5 Å². The van der Waals surface area contributed by atoms with Gasteiger partial charge in [-0.2, -0.15) is 68.8 Å². The number of carboxylic acid groups (broad SMARTS) is 2. The summed E-state index contributed by atoms with van der Waals surface area (Å²) in [5, 5.41) is 21.3. The van der Waals surface area contributed by atoms with Crippen molar-refractivity contribution >= 4 is 85.1 Å². The van der Waals surface area contributed by atoms with E-state index in [4.69, 9.17) is 47.6 Å². The maximum absolute atomic E-state index is 12.7. The number of nitrogens with one attached hydrogen (secondary N) is 4. The van der Waals surface area contributed by atoms with Crippen molar-refractivity contribution in [3.05, 3.63) is 129 Å². The van der Waals surface area contributed by atoms with Crippen LogP contribution in [0.5, 0.6) is 29.3 Å². The molecule has 0 unspecified atom stereocenters. The second-order valence-electron chi connectivity index (χ2n) is 15.7. The monoisotopic (exact) mass is 1300 g/mol. The molecule has 2 aromatic heterocycles. The van der Waals surface area contributed by atoms with Crippen LogP contribution in [-0.4, -0.2) is 115 Å². The maximum Gasteiger partial charge on any atom is 0.416 e. The Morgan fingerprint density at radius 3 is 1.72 bits per heavy atom. The number of halogens is 12. The summed E-state index contributed by atoms with van der Waals surface area (Å²) in [6.07, 6.45) is -12.2. The lowest BCUT2D eigenvalue weighted by molar-refractivity contribution is -0.146. The molecule has 0 saturated carbocycles. The smallest absolute Gasteiger partial charge is 0.416 e. The molecule has 0 radical (unpaired) electrons. The van der Waals surface area contributed by atoms with E-state index in [-0.39, 0.29) is 50.5 Å². The fourth-order valence-corrected chi connectivity index (χ4v) is 8.69. The number of hydrogen-bond donors (Lipinski definition) is 6. The Kier molecular flexibility index (Phi) is 23.7. The minimum Gasteiger partial charge on any atom is -0.479 e. The summed E-state index contributed by atoms with van der Waals surface area (Å²) in [7, 11) is -7.86. The molecule has 0 aliphatic heterocycles. The van der Waals surface area contributed by atoms with E-state index in [1.54, 1.807) is 10.0 Å². The minimum atomic E-state index is -4.71. The first-order valence-corrected chi connectivity index (χ1v) is 26.2. The fourth-order valence-electron chi connectivity index (χ4n) is 5.99. The van der Waals surface area contributed by atoms with Crippen LogP contribution in [0.3, 0.4) is 0 Å². The van der Waals surface area contributed by atoms with E-state index in [0.717, 1.165) is 43.3 Å². The Balaban J connectivity index is 0.000000274. The van der Waals surface area contributed by atoms with Crippen molar-refractivity contribution in [2.75, 3.05) is 17.7 Å². The average Bonchev–Trinajstić information content (AvgIpc) is 2.47. The third-order valence-corrected chi connectivity index (χ3v) is 13.0. The molecule has 85 heavy (non-hydrogen) atoms. The van der Waals surface area contributed by atoms with Crippen LogP contribution >= 0.6 is 23.2 Å². The van der Waals surface area contributed by atoms with Gasteiger partial charge in [-0.25, -0.2) is 50.3 Å². The largest absolute Gasteiger partial charge is 0.479 e. The van der Waals surface area contributed by atoms with Crippen LogP contribution < -0.4 is 39.0 Å². The predicted octanol–water partition coefficient (Wildman–Crippen LogP) is 9.52. The molecule has 0 bridgehead atoms. The number of carbonyl (C=O) groups is 5. The number of carboxylic acids is 2. The summed E-state index contributed by atoms with van der Waals surface area (Å²) >= 11 is 11.7. The van der Waals surface area contributed by atoms with Crippen LogP contribution in [0.4, 0.5) is 65.4 Å². The first kappa shape index (κ1) is 68.4. The van der Waals surface area contributed by atoms with E-state index in [1.807, 2.05) is 0 Å². The van der Waals surface area contributed by atoms with Crippen LogP contribution in [0.2, 0.25) is 10.0 Å². The molecule has 25 nitrogen and oxygen atoms in total. The molecule has 6 N–H and O–H groups in total. The van der Waals surface area contributed by atoms with Gasteiger partial charge in [0.1, 0.15) is 22.2 Å². The number of methoxy groups -OCH3 is 1. The number of urea groups is 2. The number of nitrogens with zero attached hydrogens (tertiary/aromatic N) is 5. The highest BCUT2D eigenvalue weighted by molar-refractivity contribution is 7.90. The number of amides is 4. The molecule has 0 fully saturated rings. The lowest BCUT2D eigenvalue weighted by Crippen LogP contribution is -2.35. The van der Waals surface area contributed by atoms with Gasteiger partial charge in [-0.05, 0) is 80.4 Å². The third kappa shape index (κ3) is 21.9. The zero-order chi connectivity index (χ0) is 63.8. The number of rotatable bonds is 19. The molecule has 1 atom stereocenters. The number of esters is 1. The van der Waals surface area contributed by atoms with Crippen molar-refractivity contribution < 1.29 is 119 Å². The molecule has 0 aliphatic carbocycles. The molecule has 6 rings (SSSR count). The van der Waals surface area contributed by atoms with E-state index in [1.165, 1.54) is 61.2 Å². The Bertz CT molecular complexity index is 3630. The van der Waals surface area contributed by atoms with Crippen LogP contribution in [0, 0.1) is 6.92 Å². The normalized spacial score (nSPS) is 11.8. The molecule has 39 heteroatoms. The molecular formula is C46H37Cl2F10N9O16S2. The molecule has 0 spiro atoms. The second-order valence-corrected chi connectivity index (χ2v) is 19.8. The number of ether oxygens (including phenoxy) is 5. The summed E-state index contributed by atoms with van der Waals surface area (Å²) in [5.74, 6) is -6.89. The molecule has 6 aromatic rings. The fraction of sp³-hybridized carbons (Fsp3) is 0.217. The lowest BCUT2D eigenvalue weighted by Gasteiger charge is -2.13. The molecule has 4 aromatic carbocycles. The number of aromatic nitrogens is 5. The van der Waals surface area contributed by atoms with Crippen molar-refractivity contribution in [3.8, 4) is 29.3 Å². The van der Waals surface area contributed by atoms with Gasteiger partial charge in [-0.15, -0.1) is 0 Å². The Hall–Kier alpha value is -9.10. The summed E-state index contributed by atoms with van der Waals surface area (Å²) < 4.78 is 200. The summed E-state index contributed by atoms with van der Waals surface area (Å²) in [6.45, 7) is -4.15. The van der Waals surface area contributed by atoms with Crippen LogP contribution in [0.15, 0.2) is 101 Å². The van der Waals surface area contributed by atoms with Gasteiger partial charge >= 0.3 is 61.6 Å². The van der Waals surface area contributed by atoms with E-state index >= 15 is 0 Å². The Morgan fingerprint density at radius 1 is 0.659 bits per heavy atom. The summed E-state index contributed by atoms with van der Waals surface area (Å²) in [5.41, 5.74) is -1.83. The van der Waals surface area contributed by atoms with E-state index in [9.17, 15) is 84.7 Å². The van der Waals surface area contributed by atoms with Crippen molar-refractivity contribution in [1.82, 2.24) is 34.4 Å². The minimum absolute atomic E-state index is 0.0246. The number of carbonyl (C=O) groups excluding carboxylic acids is 3. The Morgan fingerprint density at radius 2 is 1.20 bits per heavy atom. The standard InChI is InChI=1S/C17H11Cl2F3O5.C15H16F3N5O4S.C14H10F4N4O7S/c1-8(15(23)24)26-16(25)11-7-10(3-4-12(11)18)27-14-5-2-9(6-13(14)19)17(20,21)22;1-9-19-12(22-14(20-9)27-2)21-13(24)23-28(25,26)11-6-4-3-5-10(11)7-8-15(16,17)18;15-11(16)28-8-5-9(29-12(17)18)20-13(19-8)21-14(25)22-30(26,27)7-4-2-1-3-6(7)10(23)24/h2-8H,1H3,(H,23,24);3-6H,7-8H2,1-2H3,(H2,19,20,21,22,23,24);1-5,11-12H,(H,23,24)(H2,19,20,21,22,25)/t8-;;/m0../s1. The second kappa shape index (κ2) is 29.4. The lowest BCUT2D eigenvalue weighted by atomic mass is 10.1. The molecule has 0 saturated heterocycles. The predicted molar refractivity (Wildman–Crippen MR) is 270 cm³/mol. The van der Waals surface area contributed by atoms with Gasteiger partial charge in [0.25, 0.3) is 20.0 Å². The SMILES string of the molecule is COc1nc(C)nc(NC(=O)NS(=O)(=O)c2ccccc2CCC(F)(F)F)n1.C[C@H](OC(=O)c1cc(Oc2ccc(C(F)(F)F)cc2Cl)ccc1Cl)C(=O)O.O=C(Nc1nc(OC(F)F)cc(OC(F)F)n1)NS(=O)(=O)c1ccccc1C(=O)O. The summed E-state index contributed by atoms with van der Waals surface area (Å²) in [4.78, 5) is 74.6. The topological polar surface area (TPSA) is 353 Å². The zero-order valence-electron chi connectivity index (χ0n) is 42.5. The molecular weight excluding hydrogens is 1260 g/mol. The van der Waals surface area contributed by atoms with E-state index in [2.05, 4.69) is 39.7 Å². The quantitative estimate of drug-likeness (QED) is 0.0324. The highest BCUT2D eigenvalue weighted by atomic mass is 35.5. The Labute approximate surface area is 480 Å². The number of benzene rings is 4. The van der Waals surface area contributed by atoms with Crippen LogP contribution in [0.1, 0.15) is 51.0 Å². The van der Waals surface area contributed by atoms with Gasteiger partial charge < -0.3 is 33.9 Å². The third-order valence-electron chi connectivity index (χ3n) is 9.54. The number of aryl methyl sites for hydroxylation is 2. The van der Waals surface area contributed by atoms with Crippen LogP contribution in [-0.2, 0) is 42.2 Å². The summed E-state index contributed by atoms with van der Waals surface area (Å²) in [6, 6.07) is 13.4. The molecule has 0 aliphatic rings. The number of sulfonamides is 2. The first-order valence-electron chi connectivity index (χ1n) is 22.4. The highest BCUT2D eigenvalue weighted by Gasteiger charge is 2.32. The number of aliphatic carboxylic acids is 1. The van der Waals surface area contributed by atoms with Crippen LogP contribution in [0.25, 0.3) is 0 Å². The molecule has 4 amide bonds. The van der Waals surface area contributed by atoms with Crippen molar-refractivity contribution in [2.24, 2.45) is 0 Å². The number of hydrogen-bond acceptors (Lipinski definition) is 19. The van der Waals surface area contributed by atoms with Crippen molar-refractivity contribution in [1.29, 1.82) is 0 Å². The van der Waals surface area contributed by atoms with Gasteiger partial charge in [0, 0.05) is 6.42 Å².